The van der Waals surface area contributed by atoms with Crippen molar-refractivity contribution in [1.29, 1.82) is 0 Å². The van der Waals surface area contributed by atoms with Crippen molar-refractivity contribution in [3.05, 3.63) is 52.6 Å². The lowest BCUT2D eigenvalue weighted by Gasteiger charge is -2.32. The zero-order chi connectivity index (χ0) is 32.7. The van der Waals surface area contributed by atoms with Crippen LogP contribution in [0, 0.1) is 5.92 Å². The predicted octanol–water partition coefficient (Wildman–Crippen LogP) is -1.59. The number of hydrogen-bond donors (Lipinski definition) is 9. The number of hydrogen-bond acceptors (Lipinski definition) is 14. The number of nitrogens with zero attached hydrogens (tertiary/aromatic N) is 3. The van der Waals surface area contributed by atoms with E-state index in [4.69, 9.17) is 16.2 Å². The fourth-order valence-electron chi connectivity index (χ4n) is 4.46. The Morgan fingerprint density at radius 1 is 1.16 bits per heavy atom. The molecule has 1 aromatic carbocycles. The number of rotatable bonds is 13. The van der Waals surface area contributed by atoms with Gasteiger partial charge < -0.3 is 52.4 Å². The molecule has 4 rings (SSSR count). The summed E-state index contributed by atoms with van der Waals surface area (Å²) in [5.41, 5.74) is 12.0. The van der Waals surface area contributed by atoms with E-state index >= 15 is 0 Å². The van der Waals surface area contributed by atoms with Crippen LogP contribution in [0.1, 0.15) is 22.5 Å². The van der Waals surface area contributed by atoms with Crippen LogP contribution in [0.25, 0.3) is 10.6 Å². The van der Waals surface area contributed by atoms with Crippen molar-refractivity contribution < 1.29 is 34.4 Å². The molecule has 3 amide bonds. The molecule has 0 spiro atoms. The van der Waals surface area contributed by atoms with E-state index in [9.17, 15) is 29.7 Å². The Morgan fingerprint density at radius 3 is 2.51 bits per heavy atom. The molecule has 11 N–H and O–H groups in total. The quantitative estimate of drug-likeness (QED) is 0.0679. The number of nitrogens with one attached hydrogen (secondary N) is 4. The molecule has 0 atom stereocenters. The topological polar surface area (TPSA) is 241 Å². The summed E-state index contributed by atoms with van der Waals surface area (Å²) in [6, 6.07) is 5.01. The first kappa shape index (κ1) is 33.6. The first-order valence-corrected chi connectivity index (χ1v) is 15.0. The van der Waals surface area contributed by atoms with E-state index in [1.165, 1.54) is 36.0 Å². The Bertz CT molecular complexity index is 1460. The number of carbonyl (C=O) groups excluding carboxylic acids is 3. The summed E-state index contributed by atoms with van der Waals surface area (Å²) < 4.78 is 5.66. The lowest BCUT2D eigenvalue weighted by atomic mass is 10.1. The van der Waals surface area contributed by atoms with Crippen molar-refractivity contribution in [2.75, 3.05) is 58.7 Å². The van der Waals surface area contributed by atoms with Crippen molar-refractivity contribution in [1.82, 2.24) is 30.7 Å². The Balaban J connectivity index is 1.53. The summed E-state index contributed by atoms with van der Waals surface area (Å²) >= 11 is 1.17. The van der Waals surface area contributed by atoms with Gasteiger partial charge in [-0.05, 0) is 32.0 Å². The largest absolute Gasteiger partial charge is 0.494 e. The van der Waals surface area contributed by atoms with E-state index in [1.54, 1.807) is 18.2 Å². The van der Waals surface area contributed by atoms with Crippen molar-refractivity contribution in [2.45, 2.75) is 18.9 Å². The fourth-order valence-corrected chi connectivity index (χ4v) is 5.32. The average molecular weight is 646 g/mol. The van der Waals surface area contributed by atoms with Crippen LogP contribution < -0.4 is 37.5 Å². The maximum Gasteiger partial charge on any atom is 0.369 e. The maximum atomic E-state index is 12.8. The van der Waals surface area contributed by atoms with Gasteiger partial charge in [0.15, 0.2) is 5.75 Å². The Labute approximate surface area is 263 Å². The molecule has 244 valence electrons. The van der Waals surface area contributed by atoms with Crippen molar-refractivity contribution in [3.8, 4) is 16.3 Å². The van der Waals surface area contributed by atoms with E-state index < -0.39 is 17.7 Å². The number of thiazole rings is 1. The molecule has 1 saturated carbocycles. The van der Waals surface area contributed by atoms with E-state index in [1.807, 2.05) is 0 Å². The van der Waals surface area contributed by atoms with E-state index in [-0.39, 0.29) is 40.7 Å². The Morgan fingerprint density at radius 2 is 1.87 bits per heavy atom. The third kappa shape index (κ3) is 9.61. The normalized spacial score (nSPS) is 16.9. The smallest absolute Gasteiger partial charge is 0.369 e. The Hall–Kier alpha value is -4.26. The van der Waals surface area contributed by atoms with Crippen LogP contribution in [0.4, 0.5) is 5.69 Å². The number of aliphatic hydroxyl groups is 3. The summed E-state index contributed by atoms with van der Waals surface area (Å²) in [5, 5.41) is 38.0. The zero-order valence-electron chi connectivity index (χ0n) is 25.0. The predicted molar refractivity (Wildman–Crippen MR) is 166 cm³/mol. The highest BCUT2D eigenvalue weighted by Crippen LogP contribution is 2.39. The van der Waals surface area contributed by atoms with Crippen LogP contribution in [-0.4, -0.2) is 107 Å². The van der Waals surface area contributed by atoms with Crippen LogP contribution in [0.15, 0.2) is 47.7 Å². The van der Waals surface area contributed by atoms with Gasteiger partial charge in [0, 0.05) is 51.3 Å². The number of para-hydroxylation sites is 1. The Kier molecular flexibility index (Phi) is 11.0. The van der Waals surface area contributed by atoms with Gasteiger partial charge in [0.05, 0.1) is 30.3 Å². The molecule has 0 unspecified atom stereocenters. The number of benzene rings is 1. The highest BCUT2D eigenvalue weighted by molar-refractivity contribution is 7.17. The van der Waals surface area contributed by atoms with Crippen LogP contribution in [0.2, 0.25) is 0 Å². The molecule has 1 aliphatic heterocycles. The number of nitrogens with two attached hydrogens (primary N) is 2. The number of amides is 3. The summed E-state index contributed by atoms with van der Waals surface area (Å²) in [7, 11) is 3.51. The maximum absolute atomic E-state index is 12.8. The molecule has 45 heavy (non-hydrogen) atoms. The number of carbonyl (C=O) groups is 3. The molecule has 1 aliphatic carbocycles. The fraction of sp³-hybridized carbons (Fsp3) is 0.429. The minimum Gasteiger partial charge on any atom is -0.494 e. The molecule has 2 fully saturated rings. The minimum absolute atomic E-state index is 0.147. The van der Waals surface area contributed by atoms with Gasteiger partial charge in [0.25, 0.3) is 11.8 Å². The van der Waals surface area contributed by atoms with Gasteiger partial charge in [0.1, 0.15) is 21.4 Å². The second-order valence-electron chi connectivity index (χ2n) is 10.7. The molecule has 0 bridgehead atoms. The van der Waals surface area contributed by atoms with Crippen molar-refractivity contribution in [2.24, 2.45) is 17.4 Å². The second kappa shape index (κ2) is 14.7. The van der Waals surface area contributed by atoms with Crippen LogP contribution in [0.3, 0.4) is 0 Å². The average Bonchev–Trinajstić information content (AvgIpc) is 3.72. The number of methoxy groups -OCH3 is 1. The SMILES string of the molecule is COc1c(NC(/C=C(\N)NC(=O)C2CC2)=C(/N)C(=O)NC(O)(O)O)cccc1-c1ncc(C(=O)NCCN2CCN(C)CC2)s1. The summed E-state index contributed by atoms with van der Waals surface area (Å²) in [4.78, 5) is 47.0. The molecule has 2 heterocycles. The van der Waals surface area contributed by atoms with Gasteiger partial charge in [-0.15, -0.1) is 11.3 Å². The number of aromatic nitrogens is 1. The third-order valence-electron chi connectivity index (χ3n) is 7.09. The van der Waals surface area contributed by atoms with Gasteiger partial charge in [-0.2, -0.15) is 0 Å². The number of piperazine rings is 1. The van der Waals surface area contributed by atoms with E-state index in [0.29, 0.717) is 22.0 Å². The molecule has 16 nitrogen and oxygen atoms in total. The van der Waals surface area contributed by atoms with Crippen LogP contribution in [-0.2, 0) is 9.59 Å². The molecular weight excluding hydrogens is 606 g/mol. The van der Waals surface area contributed by atoms with Gasteiger partial charge in [-0.3, -0.25) is 24.6 Å². The lowest BCUT2D eigenvalue weighted by Crippen LogP contribution is -2.50. The number of likely N-dealkylation sites (N-methyl/N-ethyl adjacent to an activating group) is 1. The molecule has 1 saturated heterocycles. The van der Waals surface area contributed by atoms with Gasteiger partial charge in [-0.1, -0.05) is 6.07 Å². The number of allylic oxidation sites excluding steroid dienone is 1. The summed E-state index contributed by atoms with van der Waals surface area (Å²) in [6.45, 7) is 5.16. The van der Waals surface area contributed by atoms with Gasteiger partial charge in [-0.25, -0.2) is 4.98 Å². The lowest BCUT2D eigenvalue weighted by molar-refractivity contribution is -0.325. The highest BCUT2D eigenvalue weighted by atomic mass is 32.1. The third-order valence-corrected chi connectivity index (χ3v) is 8.12. The van der Waals surface area contributed by atoms with Gasteiger partial charge >= 0.3 is 6.10 Å². The van der Waals surface area contributed by atoms with Crippen molar-refractivity contribution >= 4 is 34.7 Å². The summed E-state index contributed by atoms with van der Waals surface area (Å²) in [6.07, 6.45) is 0.575. The van der Waals surface area contributed by atoms with Crippen LogP contribution in [0.5, 0.6) is 5.75 Å². The second-order valence-corrected chi connectivity index (χ2v) is 11.8. The minimum atomic E-state index is -3.54. The number of ether oxygens (including phenoxy) is 1. The monoisotopic (exact) mass is 645 g/mol. The summed E-state index contributed by atoms with van der Waals surface area (Å²) in [5.74, 6) is -1.83. The first-order chi connectivity index (χ1) is 21.3. The van der Waals surface area contributed by atoms with E-state index in [2.05, 4.69) is 37.8 Å². The standard InChI is InChI=1S/C28H39N9O7S/c1-36-10-12-37(13-11-36)9-8-31-25(39)20-15-32-27(45-20)17-4-3-5-18(23(17)44-2)33-19(22(30)26(40)35-28(41,42)43)14-21(29)34-24(38)16-6-7-16/h3-5,14-16,33,41-43H,6-13,29-30H2,1-2H3,(H,31,39)(H,34,38)(H,35,40)/b21-14+,22-19+. The zero-order valence-corrected chi connectivity index (χ0v) is 25.8. The first-order valence-electron chi connectivity index (χ1n) is 14.2. The van der Waals surface area contributed by atoms with E-state index in [0.717, 1.165) is 45.6 Å². The van der Waals surface area contributed by atoms with Crippen molar-refractivity contribution in [3.63, 3.8) is 0 Å². The molecule has 1 aromatic heterocycles. The highest BCUT2D eigenvalue weighted by Gasteiger charge is 2.30. The molecule has 2 aliphatic rings. The number of anilines is 1. The molecule has 17 heteroatoms. The molecular formula is C28H39N9O7S. The molecule has 2 aromatic rings. The van der Waals surface area contributed by atoms with Crippen LogP contribution >= 0.6 is 11.3 Å². The van der Waals surface area contributed by atoms with Gasteiger partial charge in [0.2, 0.25) is 5.91 Å². The molecule has 0 radical (unpaired) electrons.